The fraction of sp³-hybridized carbons (Fsp3) is 0.500. The van der Waals surface area contributed by atoms with Gasteiger partial charge in [0, 0.05) is 0 Å². The van der Waals surface area contributed by atoms with Crippen molar-refractivity contribution < 1.29 is 22.5 Å². The van der Waals surface area contributed by atoms with Crippen molar-refractivity contribution in [2.75, 3.05) is 0 Å². The Bertz CT molecular complexity index is 472. The van der Waals surface area contributed by atoms with Crippen LogP contribution in [0.1, 0.15) is 27.7 Å². The van der Waals surface area contributed by atoms with Crippen LogP contribution in [0.5, 0.6) is 0 Å². The van der Waals surface area contributed by atoms with Gasteiger partial charge in [0.05, 0.1) is 16.7 Å². The highest BCUT2D eigenvalue weighted by molar-refractivity contribution is 6.62. The van der Waals surface area contributed by atoms with Gasteiger partial charge in [-0.2, -0.15) is 0 Å². The summed E-state index contributed by atoms with van der Waals surface area (Å²) in [6.07, 6.45) is 0. The van der Waals surface area contributed by atoms with Crippen molar-refractivity contribution in [1.82, 2.24) is 0 Å². The minimum atomic E-state index is -1.27. The molecule has 1 heterocycles. The first-order valence-corrected chi connectivity index (χ1v) is 5.65. The summed E-state index contributed by atoms with van der Waals surface area (Å²) in [5.74, 6) is -3.28. The highest BCUT2D eigenvalue weighted by Crippen LogP contribution is 2.36. The first-order chi connectivity index (χ1) is 8.16. The lowest BCUT2D eigenvalue weighted by Crippen LogP contribution is -2.41. The van der Waals surface area contributed by atoms with E-state index < -0.39 is 41.2 Å². The molecule has 18 heavy (non-hydrogen) atoms. The van der Waals surface area contributed by atoms with Crippen LogP contribution in [0.2, 0.25) is 0 Å². The van der Waals surface area contributed by atoms with Crippen molar-refractivity contribution in [3.05, 3.63) is 29.6 Å². The maximum atomic E-state index is 13.6. The molecule has 1 aromatic carbocycles. The molecule has 2 rings (SSSR count). The summed E-state index contributed by atoms with van der Waals surface area (Å²) in [5.41, 5.74) is -1.99. The number of halogens is 3. The number of benzene rings is 1. The summed E-state index contributed by atoms with van der Waals surface area (Å²) in [7, 11) is -1.24. The average Bonchev–Trinajstić information content (AvgIpc) is 2.43. The molecule has 1 aliphatic rings. The first kappa shape index (κ1) is 13.4. The van der Waals surface area contributed by atoms with Crippen LogP contribution < -0.4 is 5.46 Å². The third kappa shape index (κ3) is 1.93. The van der Waals surface area contributed by atoms with E-state index in [9.17, 15) is 13.2 Å². The Morgan fingerprint density at radius 3 is 1.83 bits per heavy atom. The Kier molecular flexibility index (Phi) is 2.98. The Morgan fingerprint density at radius 2 is 1.33 bits per heavy atom. The Hall–Kier alpha value is -1.01. The zero-order chi connectivity index (χ0) is 13.7. The zero-order valence-electron chi connectivity index (χ0n) is 10.7. The van der Waals surface area contributed by atoms with Crippen LogP contribution in [0.25, 0.3) is 0 Å². The smallest absolute Gasteiger partial charge is 0.399 e. The average molecular weight is 258 g/mol. The Morgan fingerprint density at radius 1 is 0.889 bits per heavy atom. The van der Waals surface area contributed by atoms with Gasteiger partial charge in [0.2, 0.25) is 0 Å². The maximum Gasteiger partial charge on any atom is 0.501 e. The lowest BCUT2D eigenvalue weighted by molar-refractivity contribution is 0.00578. The lowest BCUT2D eigenvalue weighted by Gasteiger charge is -2.32. The van der Waals surface area contributed by atoms with Crippen molar-refractivity contribution >= 4 is 12.6 Å². The molecule has 0 spiro atoms. The molecule has 0 saturated carbocycles. The molecule has 1 aromatic rings. The van der Waals surface area contributed by atoms with Gasteiger partial charge < -0.3 is 9.31 Å². The van der Waals surface area contributed by atoms with E-state index in [-0.39, 0.29) is 0 Å². The topological polar surface area (TPSA) is 18.5 Å². The summed E-state index contributed by atoms with van der Waals surface area (Å²) in [5, 5.41) is 0. The summed E-state index contributed by atoms with van der Waals surface area (Å²) in [4.78, 5) is 0. The number of rotatable bonds is 1. The van der Waals surface area contributed by atoms with Gasteiger partial charge >= 0.3 is 7.12 Å². The standard InChI is InChI=1S/C12H14BF3O2/c1-11(2)12(3,4)18-13(17-11)9-7(14)5-6-8(15)10(9)16/h5-6H,1-4H3. The highest BCUT2D eigenvalue weighted by atomic mass is 19.2. The second-order valence-electron chi connectivity index (χ2n) is 5.35. The largest absolute Gasteiger partial charge is 0.501 e. The van der Waals surface area contributed by atoms with E-state index in [4.69, 9.17) is 9.31 Å². The van der Waals surface area contributed by atoms with Gasteiger partial charge in [0.15, 0.2) is 11.6 Å². The second kappa shape index (κ2) is 4.00. The summed E-state index contributed by atoms with van der Waals surface area (Å²) in [6, 6.07) is 1.60. The van der Waals surface area contributed by atoms with Gasteiger partial charge in [-0.3, -0.25) is 0 Å². The third-order valence-corrected chi connectivity index (χ3v) is 3.57. The maximum absolute atomic E-state index is 13.6. The van der Waals surface area contributed by atoms with E-state index in [0.29, 0.717) is 0 Å². The highest BCUT2D eigenvalue weighted by Gasteiger charge is 2.53. The van der Waals surface area contributed by atoms with E-state index in [0.717, 1.165) is 12.1 Å². The zero-order valence-corrected chi connectivity index (χ0v) is 10.7. The van der Waals surface area contributed by atoms with E-state index in [2.05, 4.69) is 0 Å². The first-order valence-electron chi connectivity index (χ1n) is 5.65. The molecule has 0 amide bonds. The van der Waals surface area contributed by atoms with Crippen LogP contribution in [0.3, 0.4) is 0 Å². The van der Waals surface area contributed by atoms with E-state index in [1.807, 2.05) is 0 Å². The number of hydrogen-bond acceptors (Lipinski definition) is 2. The van der Waals surface area contributed by atoms with Crippen molar-refractivity contribution in [1.29, 1.82) is 0 Å². The van der Waals surface area contributed by atoms with E-state index in [1.54, 1.807) is 27.7 Å². The van der Waals surface area contributed by atoms with Gasteiger partial charge in [-0.15, -0.1) is 0 Å². The molecular formula is C12H14BF3O2. The Balaban J connectivity index is 2.44. The van der Waals surface area contributed by atoms with Gasteiger partial charge in [-0.25, -0.2) is 13.2 Å². The molecule has 0 aromatic heterocycles. The summed E-state index contributed by atoms with van der Waals surface area (Å²) >= 11 is 0. The van der Waals surface area contributed by atoms with E-state index in [1.165, 1.54) is 0 Å². The minimum Gasteiger partial charge on any atom is -0.399 e. The lowest BCUT2D eigenvalue weighted by atomic mass is 9.78. The summed E-state index contributed by atoms with van der Waals surface area (Å²) < 4.78 is 51.4. The van der Waals surface area contributed by atoms with Crippen LogP contribution in [0.4, 0.5) is 13.2 Å². The molecule has 0 atom stereocenters. The number of hydrogen-bond donors (Lipinski definition) is 0. The van der Waals surface area contributed by atoms with Crippen molar-refractivity contribution in [3.63, 3.8) is 0 Å². The molecule has 0 bridgehead atoms. The monoisotopic (exact) mass is 258 g/mol. The van der Waals surface area contributed by atoms with Crippen LogP contribution >= 0.6 is 0 Å². The second-order valence-corrected chi connectivity index (χ2v) is 5.35. The van der Waals surface area contributed by atoms with Gasteiger partial charge in [0.25, 0.3) is 0 Å². The van der Waals surface area contributed by atoms with Crippen LogP contribution in [0, 0.1) is 17.5 Å². The fourth-order valence-corrected chi connectivity index (χ4v) is 1.72. The SMILES string of the molecule is CC1(C)OB(c2c(F)ccc(F)c2F)OC1(C)C. The molecule has 0 aliphatic carbocycles. The predicted octanol–water partition coefficient (Wildman–Crippen LogP) is 2.40. The molecule has 6 heteroatoms. The van der Waals surface area contributed by atoms with Crippen LogP contribution in [-0.4, -0.2) is 18.3 Å². The Labute approximate surface area is 104 Å². The van der Waals surface area contributed by atoms with Gasteiger partial charge in [0.1, 0.15) is 5.82 Å². The molecule has 1 aliphatic heterocycles. The van der Waals surface area contributed by atoms with Gasteiger partial charge in [-0.05, 0) is 39.8 Å². The molecule has 0 N–H and O–H groups in total. The molecule has 1 fully saturated rings. The molecule has 0 unspecified atom stereocenters. The quantitative estimate of drug-likeness (QED) is 0.568. The molecule has 1 saturated heterocycles. The van der Waals surface area contributed by atoms with Crippen molar-refractivity contribution in [2.24, 2.45) is 0 Å². The van der Waals surface area contributed by atoms with Crippen molar-refractivity contribution in [2.45, 2.75) is 38.9 Å². The van der Waals surface area contributed by atoms with Gasteiger partial charge in [-0.1, -0.05) is 0 Å². The van der Waals surface area contributed by atoms with E-state index >= 15 is 0 Å². The van der Waals surface area contributed by atoms with Crippen molar-refractivity contribution in [3.8, 4) is 0 Å². The molecule has 2 nitrogen and oxygen atoms in total. The van der Waals surface area contributed by atoms with Crippen LogP contribution in [0.15, 0.2) is 12.1 Å². The molecule has 0 radical (unpaired) electrons. The fourth-order valence-electron chi connectivity index (χ4n) is 1.72. The molecule has 98 valence electrons. The van der Waals surface area contributed by atoms with Crippen LogP contribution in [-0.2, 0) is 9.31 Å². The minimum absolute atomic E-state index is 0.520. The predicted molar refractivity (Wildman–Crippen MR) is 62.0 cm³/mol. The normalized spacial score (nSPS) is 21.4. The molecular weight excluding hydrogens is 244 g/mol. The summed E-state index contributed by atoms with van der Waals surface area (Å²) in [6.45, 7) is 7.01. The third-order valence-electron chi connectivity index (χ3n) is 3.57.